The van der Waals surface area contributed by atoms with Gasteiger partial charge >= 0.3 is 11.9 Å². The quantitative estimate of drug-likeness (QED) is 0.237. The van der Waals surface area contributed by atoms with Crippen molar-refractivity contribution in [2.45, 2.75) is 44.0 Å². The molecule has 0 spiro atoms. The van der Waals surface area contributed by atoms with E-state index in [4.69, 9.17) is 15.9 Å². The van der Waals surface area contributed by atoms with Crippen molar-refractivity contribution in [1.82, 2.24) is 10.6 Å². The summed E-state index contributed by atoms with van der Waals surface area (Å²) in [4.78, 5) is 46.5. The second-order valence-corrected chi connectivity index (χ2v) is 6.20. The number of aliphatic hydroxyl groups excluding tert-OH is 1. The number of carboxylic acid groups (broad SMARTS) is 2. The zero-order valence-electron chi connectivity index (χ0n) is 15.0. The molecule has 154 valence electrons. The number of nitrogens with two attached hydrogens (primary N) is 1. The molecule has 0 heterocycles. The van der Waals surface area contributed by atoms with Crippen LogP contribution in [0, 0.1) is 0 Å². The topological polar surface area (TPSA) is 199 Å². The number of hydrogen-bond donors (Lipinski definition) is 7. The zero-order valence-corrected chi connectivity index (χ0v) is 15.0. The molecule has 0 fully saturated rings. The highest BCUT2D eigenvalue weighted by Crippen LogP contribution is 2.12. The molecule has 0 aliphatic heterocycles. The number of carbonyl (C=O) groups is 4. The minimum atomic E-state index is -1.61. The highest BCUT2D eigenvalue weighted by atomic mass is 16.4. The van der Waals surface area contributed by atoms with Crippen LogP contribution >= 0.6 is 0 Å². The second kappa shape index (κ2) is 10.2. The van der Waals surface area contributed by atoms with Gasteiger partial charge in [-0.2, -0.15) is 0 Å². The normalized spacial score (nSPS) is 15.0. The first-order valence-corrected chi connectivity index (χ1v) is 8.28. The molecule has 11 heteroatoms. The van der Waals surface area contributed by atoms with Gasteiger partial charge in [0.05, 0.1) is 18.6 Å². The number of aliphatic carboxylic acids is 2. The van der Waals surface area contributed by atoms with Gasteiger partial charge in [-0.1, -0.05) is 12.1 Å². The van der Waals surface area contributed by atoms with Gasteiger partial charge in [0.2, 0.25) is 11.8 Å². The van der Waals surface area contributed by atoms with Gasteiger partial charge in [-0.3, -0.25) is 14.4 Å². The molecular formula is C17H23N3O8. The van der Waals surface area contributed by atoms with Crippen LogP contribution in [-0.2, 0) is 25.6 Å². The summed E-state index contributed by atoms with van der Waals surface area (Å²) in [6, 6.07) is 1.37. The lowest BCUT2D eigenvalue weighted by Crippen LogP contribution is -2.57. The molecule has 0 bridgehead atoms. The Balaban J connectivity index is 3.00. The van der Waals surface area contributed by atoms with Crippen LogP contribution in [0.25, 0.3) is 0 Å². The van der Waals surface area contributed by atoms with Gasteiger partial charge in [-0.15, -0.1) is 0 Å². The van der Waals surface area contributed by atoms with Crippen molar-refractivity contribution in [3.8, 4) is 5.75 Å². The lowest BCUT2D eigenvalue weighted by atomic mass is 10.0. The van der Waals surface area contributed by atoms with Crippen LogP contribution in [0.4, 0.5) is 0 Å². The summed E-state index contributed by atoms with van der Waals surface area (Å²) in [5, 5.41) is 41.1. The van der Waals surface area contributed by atoms with E-state index < -0.39 is 54.4 Å². The molecule has 0 aromatic heterocycles. The number of rotatable bonds is 10. The Morgan fingerprint density at radius 2 is 1.61 bits per heavy atom. The third-order valence-corrected chi connectivity index (χ3v) is 3.79. The van der Waals surface area contributed by atoms with Crippen molar-refractivity contribution in [1.29, 1.82) is 0 Å². The van der Waals surface area contributed by atoms with Crippen molar-refractivity contribution in [2.75, 3.05) is 0 Å². The Bertz CT molecular complexity index is 720. The number of carboxylic acids is 2. The number of phenols is 1. The van der Waals surface area contributed by atoms with E-state index in [1.165, 1.54) is 31.2 Å². The van der Waals surface area contributed by atoms with Crippen LogP contribution in [0.2, 0.25) is 0 Å². The number of amides is 2. The summed E-state index contributed by atoms with van der Waals surface area (Å²) in [7, 11) is 0. The second-order valence-electron chi connectivity index (χ2n) is 6.20. The summed E-state index contributed by atoms with van der Waals surface area (Å²) < 4.78 is 0. The van der Waals surface area contributed by atoms with Crippen LogP contribution in [0.1, 0.15) is 18.9 Å². The highest BCUT2D eigenvalue weighted by molar-refractivity contribution is 5.93. The maximum atomic E-state index is 12.5. The molecule has 1 aromatic rings. The van der Waals surface area contributed by atoms with Crippen LogP contribution in [0.3, 0.4) is 0 Å². The number of aromatic hydroxyl groups is 1. The van der Waals surface area contributed by atoms with Crippen LogP contribution in [-0.4, -0.2) is 68.4 Å². The van der Waals surface area contributed by atoms with Crippen LogP contribution in [0.15, 0.2) is 24.3 Å². The van der Waals surface area contributed by atoms with E-state index in [2.05, 4.69) is 10.6 Å². The van der Waals surface area contributed by atoms with Crippen LogP contribution < -0.4 is 16.4 Å². The molecule has 8 N–H and O–H groups in total. The van der Waals surface area contributed by atoms with Gasteiger partial charge in [0.25, 0.3) is 0 Å². The molecule has 0 aliphatic carbocycles. The van der Waals surface area contributed by atoms with E-state index in [1.807, 2.05) is 0 Å². The zero-order chi connectivity index (χ0) is 21.4. The molecular weight excluding hydrogens is 374 g/mol. The molecule has 28 heavy (non-hydrogen) atoms. The van der Waals surface area contributed by atoms with E-state index in [-0.39, 0.29) is 12.2 Å². The third kappa shape index (κ3) is 7.21. The largest absolute Gasteiger partial charge is 0.508 e. The summed E-state index contributed by atoms with van der Waals surface area (Å²) in [6.07, 6.45) is -2.16. The fourth-order valence-electron chi connectivity index (χ4n) is 2.28. The van der Waals surface area contributed by atoms with E-state index in [1.54, 1.807) is 0 Å². The molecule has 0 saturated carbocycles. The molecule has 0 radical (unpaired) electrons. The first kappa shape index (κ1) is 22.9. The number of hydrogen-bond acceptors (Lipinski definition) is 7. The molecule has 11 nitrogen and oxygen atoms in total. The van der Waals surface area contributed by atoms with E-state index in [9.17, 15) is 29.4 Å². The van der Waals surface area contributed by atoms with Gasteiger partial charge in [0.1, 0.15) is 11.8 Å². The lowest BCUT2D eigenvalue weighted by molar-refractivity contribution is -0.145. The molecule has 0 aliphatic rings. The molecule has 2 amide bonds. The van der Waals surface area contributed by atoms with Gasteiger partial charge in [-0.25, -0.2) is 4.79 Å². The van der Waals surface area contributed by atoms with Crippen molar-refractivity contribution in [3.05, 3.63) is 29.8 Å². The Hall–Kier alpha value is -3.18. The molecule has 1 rings (SSSR count). The van der Waals surface area contributed by atoms with Gasteiger partial charge in [0.15, 0.2) is 6.04 Å². The standard InChI is InChI=1S/C17H23N3O8/c1-8(21)14(17(27)28)20-16(26)12(6-9-2-4-10(22)5-3-9)19-15(25)11(18)7-13(23)24/h2-5,8,11-12,14,21-22H,6-7,18H2,1H3,(H,19,25)(H,20,26)(H,23,24)(H,27,28)/t8-,11+,12+,14+/m1/s1. The first-order valence-electron chi connectivity index (χ1n) is 8.28. The smallest absolute Gasteiger partial charge is 0.328 e. The molecule has 0 unspecified atom stereocenters. The Morgan fingerprint density at radius 3 is 2.07 bits per heavy atom. The van der Waals surface area contributed by atoms with Crippen molar-refractivity contribution in [2.24, 2.45) is 5.73 Å². The molecule has 1 aromatic carbocycles. The predicted molar refractivity (Wildman–Crippen MR) is 95.2 cm³/mol. The summed E-state index contributed by atoms with van der Waals surface area (Å²) in [5.41, 5.74) is 6.01. The minimum Gasteiger partial charge on any atom is -0.508 e. The van der Waals surface area contributed by atoms with Gasteiger partial charge < -0.3 is 36.8 Å². The molecule has 0 saturated heterocycles. The predicted octanol–water partition coefficient (Wildman–Crippen LogP) is -1.83. The Labute approximate surface area is 160 Å². The third-order valence-electron chi connectivity index (χ3n) is 3.79. The monoisotopic (exact) mass is 397 g/mol. The van der Waals surface area contributed by atoms with Gasteiger partial charge in [0, 0.05) is 6.42 Å². The SMILES string of the molecule is C[C@@H](O)[C@H](NC(=O)[C@H](Cc1ccc(O)cc1)NC(=O)[C@@H](N)CC(=O)O)C(=O)O. The average molecular weight is 397 g/mol. The summed E-state index contributed by atoms with van der Waals surface area (Å²) >= 11 is 0. The van der Waals surface area contributed by atoms with Crippen LogP contribution in [0.5, 0.6) is 5.75 Å². The fourth-order valence-corrected chi connectivity index (χ4v) is 2.28. The van der Waals surface area contributed by atoms with E-state index in [0.717, 1.165) is 0 Å². The summed E-state index contributed by atoms with van der Waals surface area (Å²) in [5.74, 6) is -4.61. The molecule has 4 atom stereocenters. The van der Waals surface area contributed by atoms with E-state index in [0.29, 0.717) is 5.56 Å². The van der Waals surface area contributed by atoms with E-state index >= 15 is 0 Å². The highest BCUT2D eigenvalue weighted by Gasteiger charge is 2.30. The number of nitrogens with one attached hydrogen (secondary N) is 2. The Kier molecular flexibility index (Phi) is 8.35. The summed E-state index contributed by atoms with van der Waals surface area (Å²) in [6.45, 7) is 1.18. The fraction of sp³-hybridized carbons (Fsp3) is 0.412. The lowest BCUT2D eigenvalue weighted by Gasteiger charge is -2.24. The van der Waals surface area contributed by atoms with Crippen molar-refractivity contribution < 1.29 is 39.6 Å². The maximum Gasteiger partial charge on any atom is 0.328 e. The number of aliphatic hydroxyl groups is 1. The minimum absolute atomic E-state index is 0.0164. The number of phenolic OH excluding ortho intramolecular Hbond substituents is 1. The number of carbonyl (C=O) groups excluding carboxylic acids is 2. The Morgan fingerprint density at radius 1 is 1.04 bits per heavy atom. The van der Waals surface area contributed by atoms with Gasteiger partial charge in [-0.05, 0) is 24.6 Å². The number of benzene rings is 1. The first-order chi connectivity index (χ1) is 13.0. The average Bonchev–Trinajstić information content (AvgIpc) is 2.59. The van der Waals surface area contributed by atoms with Crippen molar-refractivity contribution in [3.63, 3.8) is 0 Å². The maximum absolute atomic E-state index is 12.5. The van der Waals surface area contributed by atoms with Crippen molar-refractivity contribution >= 4 is 23.8 Å².